The average Bonchev–Trinajstić information content (AvgIpc) is 3.17. The Hall–Kier alpha value is -3.43. The van der Waals surface area contributed by atoms with E-state index in [1.165, 1.54) is 47.7 Å². The highest BCUT2D eigenvalue weighted by Gasteiger charge is 2.34. The lowest BCUT2D eigenvalue weighted by atomic mass is 10.1. The van der Waals surface area contributed by atoms with E-state index in [4.69, 9.17) is 5.26 Å². The predicted octanol–water partition coefficient (Wildman–Crippen LogP) is 5.59. The number of aryl methyl sites for hydroxylation is 1. The summed E-state index contributed by atoms with van der Waals surface area (Å²) in [6.07, 6.45) is -4.67. The summed E-state index contributed by atoms with van der Waals surface area (Å²) in [7, 11) is 0. The molecule has 12 heteroatoms. The summed E-state index contributed by atoms with van der Waals surface area (Å²) in [5.41, 5.74) is 0.824. The number of carbonyl (C=O) groups excluding carboxylic acids is 1. The van der Waals surface area contributed by atoms with Crippen molar-refractivity contribution in [1.29, 1.82) is 5.26 Å². The maximum Gasteiger partial charge on any atom is 0.406 e. The van der Waals surface area contributed by atoms with E-state index in [2.05, 4.69) is 4.98 Å². The lowest BCUT2D eigenvalue weighted by Gasteiger charge is -2.24. The third kappa shape index (κ3) is 6.53. The van der Waals surface area contributed by atoms with Crippen molar-refractivity contribution in [1.82, 2.24) is 9.88 Å². The van der Waals surface area contributed by atoms with Crippen LogP contribution in [0.5, 0.6) is 0 Å². The maximum absolute atomic E-state index is 13.2. The van der Waals surface area contributed by atoms with Crippen molar-refractivity contribution in [3.05, 3.63) is 80.3 Å². The first-order valence-corrected chi connectivity index (χ1v) is 11.0. The van der Waals surface area contributed by atoms with Gasteiger partial charge < -0.3 is 4.90 Å². The fourth-order valence-electron chi connectivity index (χ4n) is 2.86. The number of benzene rings is 2. The van der Waals surface area contributed by atoms with Gasteiger partial charge in [0.2, 0.25) is 0 Å². The van der Waals surface area contributed by atoms with Crippen LogP contribution in [0.1, 0.15) is 27.2 Å². The summed E-state index contributed by atoms with van der Waals surface area (Å²) in [5, 5.41) is 22.2. The topological polar surface area (TPSA) is 100 Å². The standard InChI is InChI=1S/C21H15F3N4O3S2/c1-13-11-32-20(26-13)33-18-7-6-16(8-17(18)28(30)31)19(29)27(12-21(22,23)24)10-15-4-2-14(9-25)3-5-15/h2-8,11H,10,12H2,1H3. The van der Waals surface area contributed by atoms with Crippen LogP contribution >= 0.6 is 23.1 Å². The Balaban J connectivity index is 1.91. The number of nitro groups is 1. The second-order valence-electron chi connectivity index (χ2n) is 6.88. The minimum Gasteiger partial charge on any atom is -0.325 e. The molecule has 3 rings (SSSR count). The van der Waals surface area contributed by atoms with Gasteiger partial charge in [0.25, 0.3) is 11.6 Å². The number of halogens is 3. The van der Waals surface area contributed by atoms with E-state index in [0.29, 0.717) is 20.4 Å². The molecule has 0 N–H and O–H groups in total. The van der Waals surface area contributed by atoms with E-state index in [-0.39, 0.29) is 17.0 Å². The van der Waals surface area contributed by atoms with Gasteiger partial charge in [0, 0.05) is 29.2 Å². The lowest BCUT2D eigenvalue weighted by Crippen LogP contribution is -2.38. The van der Waals surface area contributed by atoms with Gasteiger partial charge >= 0.3 is 6.18 Å². The molecule has 1 aromatic heterocycles. The average molecular weight is 493 g/mol. The van der Waals surface area contributed by atoms with Gasteiger partial charge in [-0.3, -0.25) is 14.9 Å². The molecule has 33 heavy (non-hydrogen) atoms. The quantitative estimate of drug-likeness (QED) is 0.315. The van der Waals surface area contributed by atoms with E-state index in [9.17, 15) is 28.1 Å². The Morgan fingerprint density at radius 3 is 2.52 bits per heavy atom. The minimum atomic E-state index is -4.67. The highest BCUT2D eigenvalue weighted by atomic mass is 32.2. The normalized spacial score (nSPS) is 11.1. The summed E-state index contributed by atoms with van der Waals surface area (Å²) in [6.45, 7) is -0.138. The highest BCUT2D eigenvalue weighted by molar-refractivity contribution is 8.01. The van der Waals surface area contributed by atoms with Crippen LogP contribution in [0.15, 0.2) is 57.1 Å². The molecule has 0 fully saturated rings. The number of rotatable bonds is 7. The number of amides is 1. The molecule has 0 aliphatic carbocycles. The first kappa shape index (κ1) is 24.2. The van der Waals surface area contributed by atoms with Crippen LogP contribution in [0.25, 0.3) is 0 Å². The number of aromatic nitrogens is 1. The van der Waals surface area contributed by atoms with Gasteiger partial charge in [0.05, 0.1) is 21.5 Å². The molecule has 0 unspecified atom stereocenters. The monoisotopic (exact) mass is 492 g/mol. The fraction of sp³-hybridized carbons (Fsp3) is 0.190. The Morgan fingerprint density at radius 2 is 1.97 bits per heavy atom. The van der Waals surface area contributed by atoms with Gasteiger partial charge in [-0.1, -0.05) is 23.9 Å². The number of nitriles is 1. The van der Waals surface area contributed by atoms with Crippen LogP contribution in [0.2, 0.25) is 0 Å². The fourth-order valence-corrected chi connectivity index (χ4v) is 4.74. The van der Waals surface area contributed by atoms with Crippen LogP contribution in [-0.4, -0.2) is 33.4 Å². The molecule has 0 spiro atoms. The molecule has 170 valence electrons. The summed E-state index contributed by atoms with van der Waals surface area (Å²) in [4.78, 5) is 28.9. The van der Waals surface area contributed by atoms with Gasteiger partial charge in [-0.15, -0.1) is 11.3 Å². The van der Waals surface area contributed by atoms with Crippen molar-refractivity contribution in [2.75, 3.05) is 6.54 Å². The van der Waals surface area contributed by atoms with Crippen molar-refractivity contribution in [2.45, 2.75) is 28.9 Å². The molecule has 1 heterocycles. The van der Waals surface area contributed by atoms with Crippen molar-refractivity contribution in [3.63, 3.8) is 0 Å². The molecule has 3 aromatic rings. The van der Waals surface area contributed by atoms with Gasteiger partial charge in [-0.25, -0.2) is 4.98 Å². The summed E-state index contributed by atoms with van der Waals surface area (Å²) in [6, 6.07) is 11.3. The van der Waals surface area contributed by atoms with E-state index in [0.717, 1.165) is 23.5 Å². The van der Waals surface area contributed by atoms with Crippen LogP contribution in [-0.2, 0) is 6.54 Å². The third-order valence-corrected chi connectivity index (χ3v) is 6.43. The van der Waals surface area contributed by atoms with Gasteiger partial charge in [0.15, 0.2) is 4.34 Å². The van der Waals surface area contributed by atoms with E-state index >= 15 is 0 Å². The number of hydrogen-bond donors (Lipinski definition) is 0. The van der Waals surface area contributed by atoms with Gasteiger partial charge in [-0.2, -0.15) is 18.4 Å². The van der Waals surface area contributed by atoms with Crippen molar-refractivity contribution >= 4 is 34.7 Å². The molecule has 0 saturated carbocycles. The van der Waals surface area contributed by atoms with Crippen molar-refractivity contribution in [2.24, 2.45) is 0 Å². The van der Waals surface area contributed by atoms with Gasteiger partial charge in [0.1, 0.15) is 6.54 Å². The number of nitro benzene ring substituents is 1. The Bertz CT molecular complexity index is 1220. The Morgan fingerprint density at radius 1 is 1.27 bits per heavy atom. The zero-order chi connectivity index (χ0) is 24.2. The molecule has 0 saturated heterocycles. The zero-order valence-electron chi connectivity index (χ0n) is 17.0. The highest BCUT2D eigenvalue weighted by Crippen LogP contribution is 2.37. The second-order valence-corrected chi connectivity index (χ2v) is 9.03. The van der Waals surface area contributed by atoms with E-state index in [1.807, 2.05) is 6.07 Å². The molecular formula is C21H15F3N4O3S2. The van der Waals surface area contributed by atoms with E-state index < -0.39 is 29.2 Å². The molecule has 0 atom stereocenters. The third-order valence-electron chi connectivity index (χ3n) is 4.31. The number of alkyl halides is 3. The smallest absolute Gasteiger partial charge is 0.325 e. The van der Waals surface area contributed by atoms with Crippen molar-refractivity contribution in [3.8, 4) is 6.07 Å². The summed E-state index contributed by atoms with van der Waals surface area (Å²) >= 11 is 2.34. The number of thiazole rings is 1. The molecule has 7 nitrogen and oxygen atoms in total. The predicted molar refractivity (Wildman–Crippen MR) is 116 cm³/mol. The molecule has 1 amide bonds. The molecule has 0 radical (unpaired) electrons. The van der Waals surface area contributed by atoms with Gasteiger partial charge in [-0.05, 0) is 36.8 Å². The largest absolute Gasteiger partial charge is 0.406 e. The van der Waals surface area contributed by atoms with Crippen LogP contribution in [0.4, 0.5) is 18.9 Å². The van der Waals surface area contributed by atoms with Crippen molar-refractivity contribution < 1.29 is 22.9 Å². The van der Waals surface area contributed by atoms with Crippen LogP contribution < -0.4 is 0 Å². The summed E-state index contributed by atoms with van der Waals surface area (Å²) in [5.74, 6) is -0.999. The Kier molecular flexibility index (Phi) is 7.35. The number of hydrogen-bond acceptors (Lipinski definition) is 7. The first-order valence-electron chi connectivity index (χ1n) is 9.29. The molecule has 2 aromatic carbocycles. The molecular weight excluding hydrogens is 477 g/mol. The SMILES string of the molecule is Cc1csc(Sc2ccc(C(=O)N(Cc3ccc(C#N)cc3)CC(F)(F)F)cc2[N+](=O)[O-])n1. The lowest BCUT2D eigenvalue weighted by molar-refractivity contribution is -0.387. The summed E-state index contributed by atoms with van der Waals surface area (Å²) < 4.78 is 40.1. The first-order chi connectivity index (χ1) is 15.6. The minimum absolute atomic E-state index is 0.223. The second kappa shape index (κ2) is 10.0. The molecule has 0 aliphatic rings. The number of nitrogens with zero attached hydrogens (tertiary/aromatic N) is 4. The Labute approximate surface area is 194 Å². The van der Waals surface area contributed by atoms with Crippen LogP contribution in [0, 0.1) is 28.4 Å². The maximum atomic E-state index is 13.2. The molecule has 0 bridgehead atoms. The number of carbonyl (C=O) groups is 1. The van der Waals surface area contributed by atoms with E-state index in [1.54, 1.807) is 12.3 Å². The van der Waals surface area contributed by atoms with Crippen LogP contribution in [0.3, 0.4) is 0 Å². The zero-order valence-corrected chi connectivity index (χ0v) is 18.6. The molecule has 0 aliphatic heterocycles.